The Morgan fingerprint density at radius 3 is 2.39 bits per heavy atom. The van der Waals surface area contributed by atoms with E-state index in [-0.39, 0.29) is 23.9 Å². The fourth-order valence-electron chi connectivity index (χ4n) is 3.78. The number of aliphatic hydroxyl groups excluding tert-OH is 1. The number of Topliss-reactive ketones (excluding diaryl/α,β-unsaturated/α-hetero) is 1. The summed E-state index contributed by atoms with van der Waals surface area (Å²) in [7, 11) is 3.67. The Morgan fingerprint density at radius 1 is 1.13 bits per heavy atom. The molecule has 0 aliphatic carbocycles. The minimum absolute atomic E-state index is 0.00138. The second-order valence-electron chi connectivity index (χ2n) is 7.48. The monoisotopic (exact) mass is 424 g/mol. The number of carbonyl (C=O) groups excluding carboxylic acids is 2. The Balaban J connectivity index is 1.78. The number of hydrogen-bond acceptors (Lipinski definition) is 6. The third-order valence-electron chi connectivity index (χ3n) is 5.34. The molecule has 3 heterocycles. The number of halogens is 1. The van der Waals surface area contributed by atoms with Crippen LogP contribution in [-0.4, -0.2) is 47.2 Å². The molecule has 2 atom stereocenters. The van der Waals surface area contributed by atoms with Gasteiger partial charge in [-0.25, -0.2) is 4.39 Å². The highest BCUT2D eigenvalue weighted by atomic mass is 19.1. The Bertz CT molecular complexity index is 1100. The van der Waals surface area contributed by atoms with Crippen molar-refractivity contribution in [1.29, 1.82) is 0 Å². The van der Waals surface area contributed by atoms with Crippen molar-refractivity contribution in [3.05, 3.63) is 95.3 Å². The van der Waals surface area contributed by atoms with Gasteiger partial charge >= 0.3 is 0 Å². The molecule has 160 valence electrons. The lowest BCUT2D eigenvalue weighted by Crippen LogP contribution is -2.38. The number of benzene rings is 1. The van der Waals surface area contributed by atoms with Gasteiger partial charge in [-0.3, -0.25) is 14.5 Å². The molecule has 2 aromatic heterocycles. The Kier molecular flexibility index (Phi) is 5.48. The summed E-state index contributed by atoms with van der Waals surface area (Å²) in [6.45, 7) is 0.125. The average Bonchev–Trinajstić information content (AvgIpc) is 3.50. The molecule has 1 aliphatic rings. The highest BCUT2D eigenvalue weighted by Gasteiger charge is 2.45. The molecule has 3 aromatic rings. The molecule has 0 bridgehead atoms. The molecule has 0 fully saturated rings. The number of nitrogens with zero attached hydrogens (tertiary/aromatic N) is 2. The second kappa shape index (κ2) is 8.23. The van der Waals surface area contributed by atoms with Crippen LogP contribution in [0.4, 0.5) is 4.39 Å². The zero-order valence-corrected chi connectivity index (χ0v) is 17.0. The van der Waals surface area contributed by atoms with E-state index in [1.807, 2.05) is 19.0 Å². The first-order chi connectivity index (χ1) is 14.9. The summed E-state index contributed by atoms with van der Waals surface area (Å²) in [5, 5.41) is 10.7. The molecule has 1 aromatic carbocycles. The quantitative estimate of drug-likeness (QED) is 0.579. The molecule has 1 amide bonds. The van der Waals surface area contributed by atoms with Crippen molar-refractivity contribution in [1.82, 2.24) is 9.80 Å². The summed E-state index contributed by atoms with van der Waals surface area (Å²) in [6.07, 6.45) is 2.88. The van der Waals surface area contributed by atoms with Gasteiger partial charge in [0.1, 0.15) is 11.6 Å². The van der Waals surface area contributed by atoms with Gasteiger partial charge in [0.05, 0.1) is 30.2 Å². The lowest BCUT2D eigenvalue weighted by atomic mass is 9.94. The van der Waals surface area contributed by atoms with Gasteiger partial charge in [-0.1, -0.05) is 12.1 Å². The molecule has 0 saturated heterocycles. The SMILES string of the molecule is CN(C)C(CN1C(=O)C(O)=C(C(=O)c2ccco2)C1c1ccc(F)cc1)c1ccco1. The number of furan rings is 2. The zero-order valence-electron chi connectivity index (χ0n) is 17.0. The molecular formula is C23H21FN2O5. The number of aliphatic hydroxyl groups is 1. The number of carbonyl (C=O) groups is 2. The molecule has 7 nitrogen and oxygen atoms in total. The largest absolute Gasteiger partial charge is 0.503 e. The highest BCUT2D eigenvalue weighted by Crippen LogP contribution is 2.40. The molecule has 0 saturated carbocycles. The van der Waals surface area contributed by atoms with Gasteiger partial charge in [-0.05, 0) is 56.1 Å². The fourth-order valence-corrected chi connectivity index (χ4v) is 3.78. The van der Waals surface area contributed by atoms with E-state index in [0.717, 1.165) is 0 Å². The van der Waals surface area contributed by atoms with Gasteiger partial charge in [0.2, 0.25) is 5.78 Å². The molecule has 31 heavy (non-hydrogen) atoms. The molecule has 8 heteroatoms. The summed E-state index contributed by atoms with van der Waals surface area (Å²) in [5.41, 5.74) is 0.383. The number of hydrogen-bond donors (Lipinski definition) is 1. The minimum Gasteiger partial charge on any atom is -0.503 e. The highest BCUT2D eigenvalue weighted by molar-refractivity contribution is 6.15. The van der Waals surface area contributed by atoms with Crippen LogP contribution in [0.25, 0.3) is 0 Å². The average molecular weight is 424 g/mol. The number of rotatable bonds is 7. The number of ketones is 1. The second-order valence-corrected chi connectivity index (χ2v) is 7.48. The van der Waals surface area contributed by atoms with Crippen LogP contribution < -0.4 is 0 Å². The molecule has 0 spiro atoms. The van der Waals surface area contributed by atoms with Crippen LogP contribution in [0.15, 0.2) is 81.2 Å². The predicted octanol–water partition coefficient (Wildman–Crippen LogP) is 3.89. The lowest BCUT2D eigenvalue weighted by Gasteiger charge is -2.32. The van der Waals surface area contributed by atoms with Gasteiger partial charge in [-0.2, -0.15) is 0 Å². The van der Waals surface area contributed by atoms with Gasteiger partial charge in [0.15, 0.2) is 11.5 Å². The Labute approximate surface area is 178 Å². The smallest absolute Gasteiger partial charge is 0.290 e. The van der Waals surface area contributed by atoms with Gasteiger partial charge in [0.25, 0.3) is 5.91 Å². The van der Waals surface area contributed by atoms with Gasteiger partial charge < -0.3 is 18.8 Å². The van der Waals surface area contributed by atoms with Crippen molar-refractivity contribution < 1.29 is 27.9 Å². The lowest BCUT2D eigenvalue weighted by molar-refractivity contribution is -0.130. The Morgan fingerprint density at radius 2 is 1.81 bits per heavy atom. The zero-order chi connectivity index (χ0) is 22.1. The maximum atomic E-state index is 13.6. The van der Waals surface area contributed by atoms with E-state index in [0.29, 0.717) is 11.3 Å². The molecule has 0 radical (unpaired) electrons. The minimum atomic E-state index is -0.914. The van der Waals surface area contributed by atoms with Crippen LogP contribution >= 0.6 is 0 Å². The van der Waals surface area contributed by atoms with E-state index in [1.165, 1.54) is 47.8 Å². The van der Waals surface area contributed by atoms with E-state index in [1.54, 1.807) is 18.2 Å². The van der Waals surface area contributed by atoms with E-state index < -0.39 is 29.3 Å². The van der Waals surface area contributed by atoms with E-state index in [9.17, 15) is 19.1 Å². The summed E-state index contributed by atoms with van der Waals surface area (Å²) >= 11 is 0. The van der Waals surface area contributed by atoms with E-state index in [2.05, 4.69) is 0 Å². The van der Waals surface area contributed by atoms with Crippen LogP contribution in [0, 0.1) is 5.82 Å². The molecule has 2 unspecified atom stereocenters. The van der Waals surface area contributed by atoms with E-state index in [4.69, 9.17) is 8.83 Å². The summed E-state index contributed by atoms with van der Waals surface area (Å²) in [6, 6.07) is 10.8. The van der Waals surface area contributed by atoms with Crippen molar-refractivity contribution >= 4 is 11.7 Å². The van der Waals surface area contributed by atoms with Crippen molar-refractivity contribution in [2.75, 3.05) is 20.6 Å². The normalized spacial score (nSPS) is 17.6. The van der Waals surface area contributed by atoms with Crippen molar-refractivity contribution in [3.8, 4) is 0 Å². The summed E-state index contributed by atoms with van der Waals surface area (Å²) in [4.78, 5) is 29.5. The first kappa shape index (κ1) is 20.6. The third kappa shape index (κ3) is 3.77. The summed E-state index contributed by atoms with van der Waals surface area (Å²) < 4.78 is 24.3. The topological polar surface area (TPSA) is 87.1 Å². The van der Waals surface area contributed by atoms with Crippen LogP contribution in [0.5, 0.6) is 0 Å². The molecule has 4 rings (SSSR count). The maximum absolute atomic E-state index is 13.6. The Hall–Kier alpha value is -3.65. The van der Waals surface area contributed by atoms with E-state index >= 15 is 0 Å². The van der Waals surface area contributed by atoms with Crippen molar-refractivity contribution in [2.24, 2.45) is 0 Å². The molecular weight excluding hydrogens is 403 g/mol. The van der Waals surface area contributed by atoms with Crippen molar-refractivity contribution in [3.63, 3.8) is 0 Å². The third-order valence-corrected chi connectivity index (χ3v) is 5.34. The standard InChI is InChI=1S/C23H21FN2O5/c1-25(2)16(17-5-3-11-30-17)13-26-20(14-7-9-15(24)10-8-14)19(22(28)23(26)29)21(27)18-6-4-12-31-18/h3-12,16,20,28H,13H2,1-2H3. The first-order valence-electron chi connectivity index (χ1n) is 9.66. The number of likely N-dealkylation sites (N-methyl/N-ethyl adjacent to an activating group) is 1. The van der Waals surface area contributed by atoms with Gasteiger partial charge in [-0.15, -0.1) is 0 Å². The summed E-state index contributed by atoms with van der Waals surface area (Å²) in [5.74, 6) is -1.77. The predicted molar refractivity (Wildman–Crippen MR) is 109 cm³/mol. The fraction of sp³-hybridized carbons (Fsp3) is 0.217. The first-order valence-corrected chi connectivity index (χ1v) is 9.66. The maximum Gasteiger partial charge on any atom is 0.290 e. The molecule has 1 N–H and O–H groups in total. The van der Waals surface area contributed by atoms with Crippen LogP contribution in [0.1, 0.15) is 34.0 Å². The van der Waals surface area contributed by atoms with Crippen LogP contribution in [-0.2, 0) is 4.79 Å². The van der Waals surface area contributed by atoms with Crippen molar-refractivity contribution in [2.45, 2.75) is 12.1 Å². The van der Waals surface area contributed by atoms with Gasteiger partial charge in [0, 0.05) is 6.54 Å². The molecule has 1 aliphatic heterocycles. The van der Waals surface area contributed by atoms with Crippen LogP contribution in [0.2, 0.25) is 0 Å². The number of amides is 1. The van der Waals surface area contributed by atoms with Crippen LogP contribution in [0.3, 0.4) is 0 Å².